The van der Waals surface area contributed by atoms with Crippen LogP contribution in [0.3, 0.4) is 0 Å². The molecule has 0 aliphatic carbocycles. The van der Waals surface area contributed by atoms with Crippen LogP contribution in [-0.4, -0.2) is 28.4 Å². The topological polar surface area (TPSA) is 85.3 Å². The number of hydrogen-bond acceptors (Lipinski definition) is 4. The Morgan fingerprint density at radius 1 is 1.09 bits per heavy atom. The number of rotatable bonds is 3. The van der Waals surface area contributed by atoms with E-state index in [1.54, 1.807) is 30.5 Å². The van der Waals surface area contributed by atoms with Crippen LogP contribution in [0.1, 0.15) is 15.9 Å². The summed E-state index contributed by atoms with van der Waals surface area (Å²) in [6, 6.07) is 16.7. The fourth-order valence-corrected chi connectivity index (χ4v) is 3.91. The van der Waals surface area contributed by atoms with Crippen LogP contribution in [0, 0.1) is 0 Å². The van der Waals surface area contributed by atoms with Crippen LogP contribution in [0.5, 0.6) is 5.75 Å². The van der Waals surface area contributed by atoms with Crippen LogP contribution in [0.25, 0.3) is 28.2 Å². The predicted molar refractivity (Wildman–Crippen MR) is 124 cm³/mol. The highest BCUT2D eigenvalue weighted by Crippen LogP contribution is 2.36. The molecule has 0 fully saturated rings. The molecule has 5 rings (SSSR count). The number of ether oxygens (including phenoxy) is 1. The maximum absolute atomic E-state index is 13.1. The molecule has 32 heavy (non-hydrogen) atoms. The number of anilines is 1. The number of aryl methyl sites for hydroxylation is 1. The number of benzene rings is 2. The number of carbonyl (C=O) groups excluding carboxylic acids is 2. The van der Waals surface area contributed by atoms with Crippen molar-refractivity contribution < 1.29 is 14.3 Å². The van der Waals surface area contributed by atoms with Gasteiger partial charge in [-0.2, -0.15) is 0 Å². The first kappa shape index (κ1) is 19.6. The van der Waals surface area contributed by atoms with Gasteiger partial charge in [0.2, 0.25) is 5.78 Å². The molecule has 7 nitrogen and oxygen atoms in total. The first-order chi connectivity index (χ1) is 15.5. The number of urea groups is 1. The van der Waals surface area contributed by atoms with Crippen molar-refractivity contribution in [1.82, 2.24) is 14.9 Å². The molecule has 2 aromatic heterocycles. The molecule has 4 aromatic rings. The van der Waals surface area contributed by atoms with Gasteiger partial charge in [0.1, 0.15) is 11.4 Å². The molecule has 2 amide bonds. The van der Waals surface area contributed by atoms with E-state index in [9.17, 15) is 9.59 Å². The van der Waals surface area contributed by atoms with Crippen molar-refractivity contribution in [3.63, 3.8) is 0 Å². The average molecular weight is 424 g/mol. The fraction of sp³-hybridized carbons (Fsp3) is 0.0800. The van der Waals surface area contributed by atoms with Gasteiger partial charge in [-0.25, -0.2) is 9.78 Å². The number of fused-ring (bicyclic) bond motifs is 2. The van der Waals surface area contributed by atoms with Gasteiger partial charge in [0.15, 0.2) is 5.76 Å². The number of allylic oxidation sites excluding steroid dienone is 1. The molecular weight excluding hydrogens is 404 g/mol. The van der Waals surface area contributed by atoms with E-state index < -0.39 is 0 Å². The van der Waals surface area contributed by atoms with Crippen molar-refractivity contribution in [3.05, 3.63) is 83.9 Å². The van der Waals surface area contributed by atoms with E-state index in [0.717, 1.165) is 27.7 Å². The molecule has 1 aliphatic heterocycles. The normalized spacial score (nSPS) is 13.8. The molecule has 0 atom stereocenters. The lowest BCUT2D eigenvalue weighted by molar-refractivity contribution is 0.101. The van der Waals surface area contributed by atoms with Crippen LogP contribution >= 0.6 is 0 Å². The highest BCUT2D eigenvalue weighted by atomic mass is 16.5. The van der Waals surface area contributed by atoms with E-state index in [4.69, 9.17) is 4.74 Å². The van der Waals surface area contributed by atoms with Gasteiger partial charge in [-0.15, -0.1) is 0 Å². The van der Waals surface area contributed by atoms with Crippen LogP contribution in [-0.2, 0) is 7.05 Å². The van der Waals surface area contributed by atoms with E-state index in [1.165, 1.54) is 7.05 Å². The van der Waals surface area contributed by atoms with Crippen LogP contribution < -0.4 is 15.4 Å². The minimum absolute atomic E-state index is 0.229. The lowest BCUT2D eigenvalue weighted by atomic mass is 10.0. The van der Waals surface area contributed by atoms with Crippen LogP contribution in [0.4, 0.5) is 10.5 Å². The summed E-state index contributed by atoms with van der Waals surface area (Å²) >= 11 is 0. The molecule has 0 bridgehead atoms. The molecule has 0 radical (unpaired) electrons. The maximum Gasteiger partial charge on any atom is 0.318 e. The highest BCUT2D eigenvalue weighted by Gasteiger charge is 2.28. The Bertz CT molecular complexity index is 1400. The zero-order chi connectivity index (χ0) is 22.2. The average Bonchev–Trinajstić information content (AvgIpc) is 3.31. The van der Waals surface area contributed by atoms with E-state index in [-0.39, 0.29) is 17.6 Å². The number of pyridine rings is 1. The summed E-state index contributed by atoms with van der Waals surface area (Å²) in [7, 11) is 3.45. The SMILES string of the molecule is CNC(=O)Nc1ccc2c(c1)C(=O)/C(=C/c1cn(C)c3nccc(-c4ccccc4)c13)O2. The number of amides is 2. The Morgan fingerprint density at radius 3 is 2.69 bits per heavy atom. The Balaban J connectivity index is 1.57. The third-order valence-corrected chi connectivity index (χ3v) is 5.41. The highest BCUT2D eigenvalue weighted by molar-refractivity contribution is 6.16. The zero-order valence-corrected chi connectivity index (χ0v) is 17.5. The number of Topliss-reactive ketones (excluding diaryl/α,β-unsaturated/α-hetero) is 1. The second-order valence-corrected chi connectivity index (χ2v) is 7.47. The molecule has 3 heterocycles. The van der Waals surface area contributed by atoms with Gasteiger partial charge in [0, 0.05) is 43.1 Å². The lowest BCUT2D eigenvalue weighted by Gasteiger charge is -2.05. The van der Waals surface area contributed by atoms with Gasteiger partial charge in [-0.1, -0.05) is 30.3 Å². The number of nitrogens with one attached hydrogen (secondary N) is 2. The number of hydrogen-bond donors (Lipinski definition) is 2. The molecule has 7 heteroatoms. The molecule has 158 valence electrons. The van der Waals surface area contributed by atoms with Crippen molar-refractivity contribution in [3.8, 4) is 16.9 Å². The molecule has 0 spiro atoms. The van der Waals surface area contributed by atoms with Gasteiger partial charge in [-0.3, -0.25) is 4.79 Å². The molecule has 0 unspecified atom stereocenters. The van der Waals surface area contributed by atoms with E-state index in [1.807, 2.05) is 54.2 Å². The molecule has 1 aliphatic rings. The summed E-state index contributed by atoms with van der Waals surface area (Å²) in [5.41, 5.74) is 4.68. The summed E-state index contributed by atoms with van der Waals surface area (Å²) < 4.78 is 7.80. The summed E-state index contributed by atoms with van der Waals surface area (Å²) in [6.45, 7) is 0. The van der Waals surface area contributed by atoms with Crippen molar-refractivity contribution in [1.29, 1.82) is 0 Å². The quantitative estimate of drug-likeness (QED) is 0.471. The van der Waals surface area contributed by atoms with Gasteiger partial charge in [0.05, 0.1) is 5.56 Å². The van der Waals surface area contributed by atoms with E-state index in [2.05, 4.69) is 15.6 Å². The third kappa shape index (κ3) is 3.30. The Labute approximate surface area is 184 Å². The zero-order valence-electron chi connectivity index (χ0n) is 17.5. The molecule has 2 N–H and O–H groups in total. The lowest BCUT2D eigenvalue weighted by Crippen LogP contribution is -2.24. The summed E-state index contributed by atoms with van der Waals surface area (Å²) in [4.78, 5) is 29.2. The first-order valence-electron chi connectivity index (χ1n) is 10.1. The van der Waals surface area contributed by atoms with Gasteiger partial charge in [0.25, 0.3) is 0 Å². The predicted octanol–water partition coefficient (Wildman–Crippen LogP) is 4.61. The second kappa shape index (κ2) is 7.70. The van der Waals surface area contributed by atoms with Gasteiger partial charge >= 0.3 is 6.03 Å². The van der Waals surface area contributed by atoms with Crippen molar-refractivity contribution in [2.45, 2.75) is 0 Å². The van der Waals surface area contributed by atoms with E-state index >= 15 is 0 Å². The maximum atomic E-state index is 13.1. The smallest absolute Gasteiger partial charge is 0.318 e. The molecule has 0 saturated heterocycles. The Kier molecular flexibility index (Phi) is 4.71. The summed E-state index contributed by atoms with van der Waals surface area (Å²) in [5.74, 6) is 0.459. The minimum Gasteiger partial charge on any atom is -0.452 e. The standard InChI is InChI=1S/C25H20N4O3/c1-26-25(31)28-17-8-9-20-19(13-17)23(30)21(32-20)12-16-14-29(2)24-22(16)18(10-11-27-24)15-6-4-3-5-7-15/h3-14H,1-2H3,(H2,26,28,31)/b21-12-. The third-order valence-electron chi connectivity index (χ3n) is 5.41. The molecular formula is C25H20N4O3. The number of carbonyl (C=O) groups is 2. The van der Waals surface area contributed by atoms with Gasteiger partial charge < -0.3 is 19.9 Å². The van der Waals surface area contributed by atoms with Gasteiger partial charge in [-0.05, 0) is 41.5 Å². The summed E-state index contributed by atoms with van der Waals surface area (Å²) in [5, 5.41) is 6.10. The number of aromatic nitrogens is 2. The largest absolute Gasteiger partial charge is 0.452 e. The Hall–Kier alpha value is -4.39. The number of nitrogens with zero attached hydrogens (tertiary/aromatic N) is 2. The monoisotopic (exact) mass is 424 g/mol. The van der Waals surface area contributed by atoms with Crippen LogP contribution in [0.2, 0.25) is 0 Å². The summed E-state index contributed by atoms with van der Waals surface area (Å²) in [6.07, 6.45) is 5.48. The second-order valence-electron chi connectivity index (χ2n) is 7.47. The Morgan fingerprint density at radius 2 is 1.91 bits per heavy atom. The van der Waals surface area contributed by atoms with Crippen LogP contribution in [0.15, 0.2) is 72.8 Å². The first-order valence-corrected chi connectivity index (χ1v) is 10.1. The molecule has 2 aromatic carbocycles. The van der Waals surface area contributed by atoms with Crippen molar-refractivity contribution in [2.24, 2.45) is 7.05 Å². The fourth-order valence-electron chi connectivity index (χ4n) is 3.91. The number of ketones is 1. The minimum atomic E-state index is -0.358. The molecule has 0 saturated carbocycles. The van der Waals surface area contributed by atoms with E-state index in [0.29, 0.717) is 17.0 Å². The van der Waals surface area contributed by atoms with Crippen molar-refractivity contribution >= 4 is 34.6 Å². The van der Waals surface area contributed by atoms with Crippen molar-refractivity contribution in [2.75, 3.05) is 12.4 Å².